The maximum atomic E-state index is 9.16. The molecule has 0 atom stereocenters. The summed E-state index contributed by atoms with van der Waals surface area (Å²) in [6.45, 7) is 9.05. The van der Waals surface area contributed by atoms with Crippen molar-refractivity contribution in [3.05, 3.63) is 23.8 Å². The molecule has 0 aliphatic carbocycles. The Labute approximate surface area is 158 Å². The highest BCUT2D eigenvalue weighted by Crippen LogP contribution is 2.18. The average Bonchev–Trinajstić information content (AvgIpc) is 2.64. The molecule has 0 rings (SSSR count). The Hall–Kier alpha value is -1.22. The normalized spacial score (nSPS) is 11.8. The van der Waals surface area contributed by atoms with Crippen molar-refractivity contribution in [1.29, 1.82) is 0 Å². The highest BCUT2D eigenvalue weighted by atomic mass is 28.3. The number of hydrogen-bond acceptors (Lipinski definition) is 1. The Morgan fingerprint density at radius 1 is 0.880 bits per heavy atom. The molecule has 0 aliphatic rings. The zero-order valence-electron chi connectivity index (χ0n) is 17.0. The fourth-order valence-electron chi connectivity index (χ4n) is 2.78. The average molecular weight is 359 g/mol. The van der Waals surface area contributed by atoms with E-state index >= 15 is 0 Å². The molecule has 0 heterocycles. The molecule has 0 fully saturated rings. The zero-order valence-corrected chi connectivity index (χ0v) is 18.0. The molecule has 2 heteroatoms. The minimum absolute atomic E-state index is 0.0415. The van der Waals surface area contributed by atoms with E-state index < -0.39 is 8.07 Å². The Balaban J connectivity index is 4.49. The Bertz CT molecular complexity index is 495. The predicted octanol–water partition coefficient (Wildman–Crippen LogP) is 6.27. The lowest BCUT2D eigenvalue weighted by Crippen LogP contribution is -2.29. The minimum atomic E-state index is -1.40. The second-order valence-electron chi connectivity index (χ2n) is 6.63. The zero-order chi connectivity index (χ0) is 18.8. The predicted molar refractivity (Wildman–Crippen MR) is 115 cm³/mol. The molecule has 1 nitrogen and oxygen atoms in total. The van der Waals surface area contributed by atoms with Crippen LogP contribution in [0.25, 0.3) is 0 Å². The van der Waals surface area contributed by atoms with E-state index in [4.69, 9.17) is 5.11 Å². The van der Waals surface area contributed by atoms with Crippen LogP contribution >= 0.6 is 0 Å². The van der Waals surface area contributed by atoms with Gasteiger partial charge in [0.25, 0.3) is 0 Å². The van der Waals surface area contributed by atoms with Gasteiger partial charge in [0.1, 0.15) is 8.07 Å². The van der Waals surface area contributed by atoms with Crippen LogP contribution in [0.15, 0.2) is 23.8 Å². The quantitative estimate of drug-likeness (QED) is 0.189. The van der Waals surface area contributed by atoms with E-state index in [0.29, 0.717) is 0 Å². The van der Waals surface area contributed by atoms with E-state index in [2.05, 4.69) is 63.2 Å². The lowest BCUT2D eigenvalue weighted by Gasteiger charge is -2.19. The first-order valence-corrected chi connectivity index (χ1v) is 12.8. The van der Waals surface area contributed by atoms with Crippen LogP contribution in [0.1, 0.15) is 72.6 Å². The third-order valence-corrected chi connectivity index (χ3v) is 9.68. The van der Waals surface area contributed by atoms with E-state index in [1.807, 2.05) is 0 Å². The van der Waals surface area contributed by atoms with Crippen LogP contribution in [-0.2, 0) is 0 Å². The smallest absolute Gasteiger partial charge is 0.139 e. The first kappa shape index (κ1) is 23.8. The van der Waals surface area contributed by atoms with Gasteiger partial charge in [-0.15, -0.1) is 5.54 Å². The molecule has 0 aromatic heterocycles. The first-order chi connectivity index (χ1) is 12.2. The fourth-order valence-corrected chi connectivity index (χ4v) is 5.14. The molecule has 0 radical (unpaired) electrons. The molecule has 140 valence electrons. The van der Waals surface area contributed by atoms with E-state index in [1.54, 1.807) is 6.08 Å². The van der Waals surface area contributed by atoms with Gasteiger partial charge in [-0.3, -0.25) is 0 Å². The lowest BCUT2D eigenvalue weighted by atomic mass is 10.1. The number of hydrogen-bond donors (Lipinski definition) is 1. The van der Waals surface area contributed by atoms with Crippen molar-refractivity contribution in [1.82, 2.24) is 0 Å². The molecular formula is C23H38OSi. The Kier molecular flexibility index (Phi) is 15.5. The van der Waals surface area contributed by atoms with Crippen molar-refractivity contribution in [3.8, 4) is 23.3 Å². The van der Waals surface area contributed by atoms with Gasteiger partial charge >= 0.3 is 0 Å². The third-order valence-electron chi connectivity index (χ3n) is 4.96. The Morgan fingerprint density at radius 2 is 1.56 bits per heavy atom. The molecule has 0 spiro atoms. The second kappa shape index (κ2) is 16.3. The Morgan fingerprint density at radius 3 is 2.16 bits per heavy atom. The van der Waals surface area contributed by atoms with Gasteiger partial charge in [-0.2, -0.15) is 0 Å². The van der Waals surface area contributed by atoms with Crippen LogP contribution in [0.3, 0.4) is 0 Å². The number of aliphatic hydroxyl groups excluding tert-OH is 1. The topological polar surface area (TPSA) is 20.2 Å². The molecule has 0 aromatic rings. The summed E-state index contributed by atoms with van der Waals surface area (Å²) in [5.74, 6) is 9.25. The van der Waals surface area contributed by atoms with Crippen molar-refractivity contribution in [2.75, 3.05) is 6.61 Å². The summed E-state index contributed by atoms with van der Waals surface area (Å²) < 4.78 is 0. The monoisotopic (exact) mass is 358 g/mol. The highest BCUT2D eigenvalue weighted by Gasteiger charge is 2.23. The van der Waals surface area contributed by atoms with Gasteiger partial charge in [-0.25, -0.2) is 0 Å². The summed E-state index contributed by atoms with van der Waals surface area (Å²) in [7, 11) is -1.40. The standard InChI is InChI=1S/C23H38OSi/c1-5-9-10-11-12-13-14-15-18-23(20-21-24)19-16-17-22-25(6-2,7-3)8-4/h14-15,20,24H,5-13,18,21H2,1-4H3/b15-14+,23-20-. The van der Waals surface area contributed by atoms with E-state index in [1.165, 1.54) is 50.2 Å². The van der Waals surface area contributed by atoms with Crippen LogP contribution in [-0.4, -0.2) is 19.8 Å². The molecule has 25 heavy (non-hydrogen) atoms. The van der Waals surface area contributed by atoms with Crippen molar-refractivity contribution in [3.63, 3.8) is 0 Å². The maximum Gasteiger partial charge on any atom is 0.139 e. The molecule has 0 amide bonds. The number of unbranched alkanes of at least 4 members (excludes halogenated alkanes) is 5. The van der Waals surface area contributed by atoms with Crippen LogP contribution < -0.4 is 0 Å². The summed E-state index contributed by atoms with van der Waals surface area (Å²) >= 11 is 0. The largest absolute Gasteiger partial charge is 0.392 e. The molecule has 1 N–H and O–H groups in total. The van der Waals surface area contributed by atoms with Gasteiger partial charge in [0, 0.05) is 5.57 Å². The molecule has 0 unspecified atom stereocenters. The molecular weight excluding hydrogens is 320 g/mol. The maximum absolute atomic E-state index is 9.16. The summed E-state index contributed by atoms with van der Waals surface area (Å²) in [4.78, 5) is 0. The molecule has 0 saturated carbocycles. The van der Waals surface area contributed by atoms with Crippen molar-refractivity contribution >= 4 is 8.07 Å². The van der Waals surface area contributed by atoms with E-state index in [9.17, 15) is 0 Å². The van der Waals surface area contributed by atoms with Crippen molar-refractivity contribution < 1.29 is 5.11 Å². The van der Waals surface area contributed by atoms with Gasteiger partial charge in [0.2, 0.25) is 0 Å². The fraction of sp³-hybridized carbons (Fsp3) is 0.652. The van der Waals surface area contributed by atoms with Crippen LogP contribution in [0.2, 0.25) is 18.1 Å². The number of allylic oxidation sites excluding steroid dienone is 3. The van der Waals surface area contributed by atoms with Gasteiger partial charge < -0.3 is 5.11 Å². The van der Waals surface area contributed by atoms with Crippen LogP contribution in [0.4, 0.5) is 0 Å². The number of aliphatic hydroxyl groups is 1. The second-order valence-corrected chi connectivity index (χ2v) is 11.6. The van der Waals surface area contributed by atoms with E-state index in [0.717, 1.165) is 18.4 Å². The summed E-state index contributed by atoms with van der Waals surface area (Å²) in [5, 5.41) is 9.16. The van der Waals surface area contributed by atoms with Crippen molar-refractivity contribution in [2.45, 2.75) is 90.8 Å². The molecule has 0 aromatic carbocycles. The summed E-state index contributed by atoms with van der Waals surface area (Å²) in [5.41, 5.74) is 4.46. The van der Waals surface area contributed by atoms with Crippen LogP contribution in [0, 0.1) is 23.3 Å². The van der Waals surface area contributed by atoms with Gasteiger partial charge in [-0.1, -0.05) is 71.5 Å². The molecule has 0 aliphatic heterocycles. The number of rotatable bonds is 12. The van der Waals surface area contributed by atoms with E-state index in [-0.39, 0.29) is 6.61 Å². The summed E-state index contributed by atoms with van der Waals surface area (Å²) in [6, 6.07) is 3.61. The van der Waals surface area contributed by atoms with Gasteiger partial charge in [-0.05, 0) is 55.3 Å². The van der Waals surface area contributed by atoms with Crippen LogP contribution in [0.5, 0.6) is 0 Å². The highest BCUT2D eigenvalue weighted by molar-refractivity contribution is 6.87. The first-order valence-electron chi connectivity index (χ1n) is 10.2. The minimum Gasteiger partial charge on any atom is -0.392 e. The summed E-state index contributed by atoms with van der Waals surface area (Å²) in [6.07, 6.45) is 14.7. The molecule has 0 saturated heterocycles. The van der Waals surface area contributed by atoms with Gasteiger partial charge in [0.15, 0.2) is 0 Å². The lowest BCUT2D eigenvalue weighted by molar-refractivity contribution is 0.342. The van der Waals surface area contributed by atoms with Crippen molar-refractivity contribution in [2.24, 2.45) is 0 Å². The third kappa shape index (κ3) is 11.9. The SMILES string of the molecule is CCCCCCC/C=C/C/C(C#CC#C[Si](CC)(CC)CC)=C/CO. The molecule has 0 bridgehead atoms. The van der Waals surface area contributed by atoms with Gasteiger partial charge in [0.05, 0.1) is 6.61 Å².